The highest BCUT2D eigenvalue weighted by atomic mass is 16.3. The third-order valence-corrected chi connectivity index (χ3v) is 5.15. The van der Waals surface area contributed by atoms with E-state index in [0.29, 0.717) is 11.5 Å². The average Bonchev–Trinajstić information content (AvgIpc) is 3.05. The molecule has 3 rings (SSSR count). The van der Waals surface area contributed by atoms with Gasteiger partial charge in [0.25, 0.3) is 5.56 Å². The van der Waals surface area contributed by atoms with Crippen molar-refractivity contribution in [2.24, 2.45) is 0 Å². The number of anilines is 1. The number of hydrogen-bond acceptors (Lipinski definition) is 5. The lowest BCUT2D eigenvalue weighted by molar-refractivity contribution is -0.125. The largest absolute Gasteiger partial charge is 0.460 e. The first-order chi connectivity index (χ1) is 13.0. The van der Waals surface area contributed by atoms with Gasteiger partial charge in [0.05, 0.1) is 0 Å². The Morgan fingerprint density at radius 2 is 1.93 bits per heavy atom. The number of aryl methyl sites for hydroxylation is 1. The summed E-state index contributed by atoms with van der Waals surface area (Å²) >= 11 is 0. The van der Waals surface area contributed by atoms with Gasteiger partial charge in [-0.05, 0) is 44.9 Å². The molecule has 0 saturated heterocycles. The maximum atomic E-state index is 12.8. The zero-order chi connectivity index (χ0) is 19.4. The molecule has 2 aromatic heterocycles. The number of furan rings is 1. The van der Waals surface area contributed by atoms with Gasteiger partial charge in [0.2, 0.25) is 5.91 Å². The zero-order valence-electron chi connectivity index (χ0n) is 16.0. The highest BCUT2D eigenvalue weighted by molar-refractivity contribution is 5.80. The minimum atomic E-state index is -0.749. The predicted molar refractivity (Wildman–Crippen MR) is 104 cm³/mol. The van der Waals surface area contributed by atoms with Gasteiger partial charge in [-0.25, -0.2) is 4.68 Å². The molecule has 1 unspecified atom stereocenters. The maximum Gasteiger partial charge on any atom is 0.290 e. The van der Waals surface area contributed by atoms with Crippen LogP contribution in [-0.4, -0.2) is 21.7 Å². The van der Waals surface area contributed by atoms with Crippen LogP contribution in [0.15, 0.2) is 27.4 Å². The molecule has 0 spiro atoms. The number of rotatable bonds is 4. The van der Waals surface area contributed by atoms with Crippen molar-refractivity contribution in [3.8, 4) is 11.5 Å². The first kappa shape index (κ1) is 19.2. The number of amides is 1. The molecule has 2 heterocycles. The van der Waals surface area contributed by atoms with Gasteiger partial charge in [-0.1, -0.05) is 32.1 Å². The molecule has 2 aromatic rings. The van der Waals surface area contributed by atoms with Crippen molar-refractivity contribution in [2.45, 2.75) is 70.9 Å². The number of aromatic nitrogens is 2. The number of carbonyl (C=O) groups excluding carboxylic acids is 1. The Labute approximate surface area is 158 Å². The Morgan fingerprint density at radius 3 is 2.56 bits per heavy atom. The Kier molecular flexibility index (Phi) is 5.98. The molecule has 1 aliphatic carbocycles. The van der Waals surface area contributed by atoms with Crippen molar-refractivity contribution in [2.75, 3.05) is 5.73 Å². The molecule has 0 aromatic carbocycles. The Bertz CT molecular complexity index is 847. The first-order valence-corrected chi connectivity index (χ1v) is 9.72. The van der Waals surface area contributed by atoms with Crippen LogP contribution in [0.3, 0.4) is 0 Å². The molecule has 146 valence electrons. The molecule has 27 heavy (non-hydrogen) atoms. The maximum absolute atomic E-state index is 12.8. The van der Waals surface area contributed by atoms with Crippen molar-refractivity contribution in [1.29, 1.82) is 0 Å². The third kappa shape index (κ3) is 4.59. The van der Waals surface area contributed by atoms with Crippen molar-refractivity contribution in [1.82, 2.24) is 15.1 Å². The van der Waals surface area contributed by atoms with E-state index in [1.165, 1.54) is 25.3 Å². The van der Waals surface area contributed by atoms with Gasteiger partial charge in [-0.15, -0.1) is 0 Å². The first-order valence-electron chi connectivity index (χ1n) is 9.72. The Morgan fingerprint density at radius 1 is 1.26 bits per heavy atom. The van der Waals surface area contributed by atoms with E-state index >= 15 is 0 Å². The lowest BCUT2D eigenvalue weighted by atomic mass is 9.96. The highest BCUT2D eigenvalue weighted by Gasteiger charge is 2.23. The summed E-state index contributed by atoms with van der Waals surface area (Å²) in [6, 6.07) is 4.47. The van der Waals surface area contributed by atoms with E-state index in [2.05, 4.69) is 10.4 Å². The van der Waals surface area contributed by atoms with Gasteiger partial charge in [0.1, 0.15) is 23.2 Å². The normalized spacial score (nSPS) is 17.1. The number of nitrogen functional groups attached to an aromatic ring is 1. The minimum Gasteiger partial charge on any atom is -0.460 e. The molecule has 0 bridgehead atoms. The standard InChI is InChI=1S/C20H28N4O3/c1-13-10-11-18(27-13)17-12-16(21)20(26)24(23-17)14(2)19(25)22-15-8-6-4-3-5-7-9-15/h10-12,14-15H,3-9,21H2,1-2H3,(H,22,25). The van der Waals surface area contributed by atoms with Crippen molar-refractivity contribution in [3.63, 3.8) is 0 Å². The smallest absolute Gasteiger partial charge is 0.290 e. The number of nitrogens with one attached hydrogen (secondary N) is 1. The fourth-order valence-electron chi connectivity index (χ4n) is 3.52. The van der Waals surface area contributed by atoms with Crippen molar-refractivity contribution in [3.05, 3.63) is 34.3 Å². The van der Waals surface area contributed by atoms with Gasteiger partial charge in [-0.2, -0.15) is 5.10 Å². The molecular weight excluding hydrogens is 344 g/mol. The quantitative estimate of drug-likeness (QED) is 0.858. The predicted octanol–water partition coefficient (Wildman–Crippen LogP) is 3.18. The van der Waals surface area contributed by atoms with Crippen LogP contribution in [-0.2, 0) is 4.79 Å². The van der Waals surface area contributed by atoms with Crippen LogP contribution in [0.2, 0.25) is 0 Å². The molecule has 7 heteroatoms. The van der Waals surface area contributed by atoms with Crippen LogP contribution in [0, 0.1) is 6.92 Å². The van der Waals surface area contributed by atoms with Gasteiger partial charge >= 0.3 is 0 Å². The zero-order valence-corrected chi connectivity index (χ0v) is 16.0. The van der Waals surface area contributed by atoms with E-state index < -0.39 is 11.6 Å². The van der Waals surface area contributed by atoms with Crippen LogP contribution >= 0.6 is 0 Å². The highest BCUT2D eigenvalue weighted by Crippen LogP contribution is 2.21. The molecule has 1 atom stereocenters. The van der Waals surface area contributed by atoms with Crippen LogP contribution in [0.4, 0.5) is 5.69 Å². The van der Waals surface area contributed by atoms with Crippen molar-refractivity contribution >= 4 is 11.6 Å². The lowest BCUT2D eigenvalue weighted by Gasteiger charge is -2.23. The molecule has 0 radical (unpaired) electrons. The molecule has 7 nitrogen and oxygen atoms in total. The number of nitrogens with zero attached hydrogens (tertiary/aromatic N) is 2. The summed E-state index contributed by atoms with van der Waals surface area (Å²) in [6.45, 7) is 3.50. The van der Waals surface area contributed by atoms with Gasteiger partial charge in [0.15, 0.2) is 5.76 Å². The summed E-state index contributed by atoms with van der Waals surface area (Å²) in [5.41, 5.74) is 5.89. The second-order valence-electron chi connectivity index (χ2n) is 7.37. The number of nitrogens with two attached hydrogens (primary N) is 1. The summed E-state index contributed by atoms with van der Waals surface area (Å²) in [5.74, 6) is 1.04. The second kappa shape index (κ2) is 8.41. The van der Waals surface area contributed by atoms with Gasteiger partial charge < -0.3 is 15.5 Å². The SMILES string of the molecule is Cc1ccc(-c2cc(N)c(=O)n(C(C)C(=O)NC3CCCCCCC3)n2)o1. The molecule has 3 N–H and O–H groups in total. The Hall–Kier alpha value is -2.57. The topological polar surface area (TPSA) is 103 Å². The fraction of sp³-hybridized carbons (Fsp3) is 0.550. The van der Waals surface area contributed by atoms with E-state index in [9.17, 15) is 9.59 Å². The monoisotopic (exact) mass is 372 g/mol. The van der Waals surface area contributed by atoms with E-state index in [4.69, 9.17) is 10.2 Å². The second-order valence-corrected chi connectivity index (χ2v) is 7.37. The van der Waals surface area contributed by atoms with E-state index in [-0.39, 0.29) is 17.6 Å². The average molecular weight is 372 g/mol. The molecule has 1 amide bonds. The molecular formula is C20H28N4O3. The molecule has 1 aliphatic rings. The van der Waals surface area contributed by atoms with E-state index in [1.54, 1.807) is 13.0 Å². The summed E-state index contributed by atoms with van der Waals surface area (Å²) in [7, 11) is 0. The van der Waals surface area contributed by atoms with E-state index in [0.717, 1.165) is 36.1 Å². The van der Waals surface area contributed by atoms with Gasteiger partial charge in [0, 0.05) is 6.04 Å². The van der Waals surface area contributed by atoms with Gasteiger partial charge in [-0.3, -0.25) is 9.59 Å². The van der Waals surface area contributed by atoms with E-state index in [1.807, 2.05) is 13.0 Å². The summed E-state index contributed by atoms with van der Waals surface area (Å²) in [4.78, 5) is 25.2. The third-order valence-electron chi connectivity index (χ3n) is 5.15. The minimum absolute atomic E-state index is 0.0413. The summed E-state index contributed by atoms with van der Waals surface area (Å²) in [5, 5.41) is 7.43. The van der Waals surface area contributed by atoms with Crippen molar-refractivity contribution < 1.29 is 9.21 Å². The summed E-state index contributed by atoms with van der Waals surface area (Å²) in [6.07, 6.45) is 7.90. The number of carbonyl (C=O) groups is 1. The molecule has 1 fully saturated rings. The number of hydrogen-bond donors (Lipinski definition) is 2. The van der Waals surface area contributed by atoms with Crippen LogP contribution in [0.25, 0.3) is 11.5 Å². The fourth-order valence-corrected chi connectivity index (χ4v) is 3.52. The molecule has 1 saturated carbocycles. The summed E-state index contributed by atoms with van der Waals surface area (Å²) < 4.78 is 6.73. The Balaban J connectivity index is 1.80. The van der Waals surface area contributed by atoms with Crippen LogP contribution in [0.1, 0.15) is 63.7 Å². The molecule has 0 aliphatic heterocycles. The van der Waals surface area contributed by atoms with Crippen LogP contribution < -0.4 is 16.6 Å². The lowest BCUT2D eigenvalue weighted by Crippen LogP contribution is -2.42. The van der Waals surface area contributed by atoms with Crippen LogP contribution in [0.5, 0.6) is 0 Å².